The van der Waals surface area contributed by atoms with E-state index >= 15 is 0 Å². The van der Waals surface area contributed by atoms with Gasteiger partial charge in [-0.3, -0.25) is 4.79 Å². The van der Waals surface area contributed by atoms with E-state index in [9.17, 15) is 19.2 Å². The second kappa shape index (κ2) is 25.6. The fraction of sp³-hybridized carbons (Fsp3) is 0.388. The van der Waals surface area contributed by atoms with Gasteiger partial charge in [0, 0.05) is 6.42 Å². The fourth-order valence-electron chi connectivity index (χ4n) is 6.30. The van der Waals surface area contributed by atoms with Crippen molar-refractivity contribution in [2.45, 2.75) is 116 Å². The van der Waals surface area contributed by atoms with E-state index in [0.29, 0.717) is 29.9 Å². The van der Waals surface area contributed by atoms with Gasteiger partial charge in [0.25, 0.3) is 0 Å². The van der Waals surface area contributed by atoms with Gasteiger partial charge in [-0.1, -0.05) is 120 Å². The van der Waals surface area contributed by atoms with Gasteiger partial charge in [-0.05, 0) is 104 Å². The van der Waals surface area contributed by atoms with Gasteiger partial charge in [0.2, 0.25) is 0 Å². The van der Waals surface area contributed by atoms with E-state index in [1.165, 1.54) is 51.0 Å². The number of unbranched alkanes of at least 4 members (excludes halogenated alkanes) is 14. The molecule has 0 aromatic heterocycles. The molecular formula is C49H58O8. The SMILES string of the molecule is C=CCCCCCCCC(=O)Oc1ccc(-c2ccc(C(=O)Oc3cccc(C(=O)Oc4ccc(C(=O)OCCCCCCCCCCCC)cc4)c3)cc2)cc1. The Morgan fingerprint density at radius 3 is 1.63 bits per heavy atom. The highest BCUT2D eigenvalue weighted by molar-refractivity contribution is 5.94. The molecule has 57 heavy (non-hydrogen) atoms. The number of hydrogen-bond donors (Lipinski definition) is 0. The van der Waals surface area contributed by atoms with E-state index in [4.69, 9.17) is 18.9 Å². The number of esters is 4. The van der Waals surface area contributed by atoms with Gasteiger partial charge < -0.3 is 18.9 Å². The van der Waals surface area contributed by atoms with Gasteiger partial charge >= 0.3 is 23.9 Å². The van der Waals surface area contributed by atoms with Crippen molar-refractivity contribution in [2.24, 2.45) is 0 Å². The van der Waals surface area contributed by atoms with Crippen molar-refractivity contribution < 1.29 is 38.1 Å². The number of benzene rings is 4. The van der Waals surface area contributed by atoms with Crippen molar-refractivity contribution in [3.05, 3.63) is 126 Å². The van der Waals surface area contributed by atoms with Crippen LogP contribution in [0.5, 0.6) is 17.2 Å². The van der Waals surface area contributed by atoms with Crippen LogP contribution < -0.4 is 14.2 Å². The topological polar surface area (TPSA) is 105 Å². The minimum Gasteiger partial charge on any atom is -0.462 e. The van der Waals surface area contributed by atoms with Gasteiger partial charge in [-0.2, -0.15) is 0 Å². The first-order chi connectivity index (χ1) is 27.9. The molecule has 0 heterocycles. The van der Waals surface area contributed by atoms with Gasteiger partial charge in [0.05, 0.1) is 23.3 Å². The number of hydrogen-bond acceptors (Lipinski definition) is 8. The van der Waals surface area contributed by atoms with Crippen LogP contribution in [0.15, 0.2) is 110 Å². The first-order valence-corrected chi connectivity index (χ1v) is 20.7. The average Bonchev–Trinajstić information content (AvgIpc) is 3.23. The third kappa shape index (κ3) is 16.6. The molecule has 0 radical (unpaired) electrons. The van der Waals surface area contributed by atoms with E-state index in [2.05, 4.69) is 13.5 Å². The lowest BCUT2D eigenvalue weighted by Gasteiger charge is -2.09. The van der Waals surface area contributed by atoms with Crippen molar-refractivity contribution >= 4 is 23.9 Å². The summed E-state index contributed by atoms with van der Waals surface area (Å²) in [5, 5.41) is 0. The Bertz CT molecular complexity index is 1830. The van der Waals surface area contributed by atoms with Gasteiger partial charge in [0.15, 0.2) is 0 Å². The zero-order valence-corrected chi connectivity index (χ0v) is 33.5. The Labute approximate surface area is 338 Å². The lowest BCUT2D eigenvalue weighted by atomic mass is 10.0. The number of carbonyl (C=O) groups excluding carboxylic acids is 4. The van der Waals surface area contributed by atoms with Crippen molar-refractivity contribution in [2.75, 3.05) is 6.61 Å². The zero-order valence-electron chi connectivity index (χ0n) is 33.5. The van der Waals surface area contributed by atoms with Crippen LogP contribution in [0.4, 0.5) is 0 Å². The Hall–Kier alpha value is -5.50. The lowest BCUT2D eigenvalue weighted by molar-refractivity contribution is -0.134. The predicted molar refractivity (Wildman–Crippen MR) is 225 cm³/mol. The van der Waals surface area contributed by atoms with Crippen LogP contribution in [0.25, 0.3) is 11.1 Å². The summed E-state index contributed by atoms with van der Waals surface area (Å²) in [6, 6.07) is 26.6. The van der Waals surface area contributed by atoms with Crippen molar-refractivity contribution in [3.63, 3.8) is 0 Å². The minimum atomic E-state index is -0.639. The Kier molecular flexibility index (Phi) is 19.9. The van der Waals surface area contributed by atoms with Crippen LogP contribution in [-0.2, 0) is 9.53 Å². The van der Waals surface area contributed by atoms with Crippen LogP contribution >= 0.6 is 0 Å². The molecule has 8 heteroatoms. The van der Waals surface area contributed by atoms with Crippen LogP contribution in [0.2, 0.25) is 0 Å². The highest BCUT2D eigenvalue weighted by Crippen LogP contribution is 2.25. The molecule has 0 bridgehead atoms. The largest absolute Gasteiger partial charge is 0.462 e. The van der Waals surface area contributed by atoms with Crippen LogP contribution in [-0.4, -0.2) is 30.5 Å². The molecule has 302 valence electrons. The molecule has 0 unspecified atom stereocenters. The molecule has 0 saturated carbocycles. The standard InChI is InChI=1S/C49H58O8/c1-3-5-7-9-11-12-13-15-17-19-36-54-47(51)40-30-34-44(35-31-40)56-49(53)42-21-20-22-45(37-42)57-48(52)41-26-24-38(25-27-41)39-28-32-43(33-29-39)55-46(50)23-18-16-14-10-8-6-4-2/h4,20-22,24-35,37H,2-3,5-19,23,36H2,1H3. The summed E-state index contributed by atoms with van der Waals surface area (Å²) >= 11 is 0. The lowest BCUT2D eigenvalue weighted by Crippen LogP contribution is -2.11. The van der Waals surface area contributed by atoms with Crippen molar-refractivity contribution in [3.8, 4) is 28.4 Å². The van der Waals surface area contributed by atoms with Crippen LogP contribution in [0.3, 0.4) is 0 Å². The maximum atomic E-state index is 13.0. The van der Waals surface area contributed by atoms with Crippen molar-refractivity contribution in [1.29, 1.82) is 0 Å². The fourth-order valence-corrected chi connectivity index (χ4v) is 6.30. The molecule has 4 aromatic carbocycles. The number of ether oxygens (including phenoxy) is 4. The minimum absolute atomic E-state index is 0.188. The zero-order chi connectivity index (χ0) is 40.5. The van der Waals surface area contributed by atoms with Crippen LogP contribution in [0.1, 0.15) is 147 Å². The maximum absolute atomic E-state index is 13.0. The summed E-state index contributed by atoms with van der Waals surface area (Å²) in [6.45, 7) is 6.35. The smallest absolute Gasteiger partial charge is 0.343 e. The molecule has 4 rings (SSSR count). The summed E-state index contributed by atoms with van der Waals surface area (Å²) in [6.07, 6.45) is 20.7. The molecule has 0 amide bonds. The van der Waals surface area contributed by atoms with E-state index in [0.717, 1.165) is 68.9 Å². The third-order valence-corrected chi connectivity index (χ3v) is 9.64. The molecule has 0 spiro atoms. The number of allylic oxidation sites excluding steroid dienone is 1. The van der Waals surface area contributed by atoms with Gasteiger partial charge in [0.1, 0.15) is 17.2 Å². The molecule has 0 N–H and O–H groups in total. The Morgan fingerprint density at radius 2 is 0.982 bits per heavy atom. The molecule has 0 aliphatic carbocycles. The van der Waals surface area contributed by atoms with E-state index < -0.39 is 17.9 Å². The molecule has 0 saturated heterocycles. The maximum Gasteiger partial charge on any atom is 0.343 e. The molecule has 0 atom stereocenters. The van der Waals surface area contributed by atoms with Crippen molar-refractivity contribution in [1.82, 2.24) is 0 Å². The highest BCUT2D eigenvalue weighted by atomic mass is 16.5. The van der Waals surface area contributed by atoms with Crippen LogP contribution in [0, 0.1) is 0 Å². The molecule has 4 aromatic rings. The molecular weight excluding hydrogens is 717 g/mol. The quantitative estimate of drug-likeness (QED) is 0.0269. The predicted octanol–water partition coefficient (Wildman–Crippen LogP) is 12.7. The third-order valence-electron chi connectivity index (χ3n) is 9.64. The Balaban J connectivity index is 1.17. The Morgan fingerprint density at radius 1 is 0.491 bits per heavy atom. The van der Waals surface area contributed by atoms with E-state index in [1.807, 2.05) is 30.3 Å². The molecule has 0 aliphatic heterocycles. The molecule has 8 nitrogen and oxygen atoms in total. The van der Waals surface area contributed by atoms with E-state index in [-0.39, 0.29) is 23.0 Å². The summed E-state index contributed by atoms with van der Waals surface area (Å²) in [4.78, 5) is 50.6. The molecule has 0 fully saturated rings. The molecule has 0 aliphatic rings. The first kappa shape index (κ1) is 44.2. The number of carbonyl (C=O) groups is 4. The summed E-state index contributed by atoms with van der Waals surface area (Å²) < 4.78 is 22.0. The van der Waals surface area contributed by atoms with E-state index in [1.54, 1.807) is 66.7 Å². The monoisotopic (exact) mass is 774 g/mol. The second-order valence-electron chi connectivity index (χ2n) is 14.3. The summed E-state index contributed by atoms with van der Waals surface area (Å²) in [5.74, 6) is -0.923. The first-order valence-electron chi connectivity index (χ1n) is 20.7. The number of rotatable bonds is 26. The van der Waals surface area contributed by atoms with Gasteiger partial charge in [-0.25, -0.2) is 14.4 Å². The summed E-state index contributed by atoms with van der Waals surface area (Å²) in [5.41, 5.74) is 2.68. The normalized spacial score (nSPS) is 10.8. The second-order valence-corrected chi connectivity index (χ2v) is 14.3. The summed E-state index contributed by atoms with van der Waals surface area (Å²) in [7, 11) is 0. The van der Waals surface area contributed by atoms with Gasteiger partial charge in [-0.15, -0.1) is 6.58 Å². The average molecular weight is 775 g/mol. The highest BCUT2D eigenvalue weighted by Gasteiger charge is 2.15.